The maximum atomic E-state index is 13.0. The van der Waals surface area contributed by atoms with Gasteiger partial charge < -0.3 is 0 Å². The molecule has 27 heavy (non-hydrogen) atoms. The van der Waals surface area contributed by atoms with Crippen LogP contribution in [0, 0.1) is 6.92 Å². The van der Waals surface area contributed by atoms with Gasteiger partial charge in [0.05, 0.1) is 16.6 Å². The van der Waals surface area contributed by atoms with Crippen LogP contribution in [0.25, 0.3) is 11.3 Å². The second-order valence-corrected chi connectivity index (χ2v) is 8.05. The second kappa shape index (κ2) is 9.10. The van der Waals surface area contributed by atoms with E-state index in [0.29, 0.717) is 13.0 Å². The van der Waals surface area contributed by atoms with Crippen molar-refractivity contribution in [3.8, 4) is 11.3 Å². The Bertz CT molecular complexity index is 881. The smallest absolute Gasteiger partial charge is 0.242 e. The Morgan fingerprint density at radius 2 is 1.93 bits per heavy atom. The summed E-state index contributed by atoms with van der Waals surface area (Å²) in [5, 5.41) is 11.9. The molecule has 0 bridgehead atoms. The maximum Gasteiger partial charge on any atom is 0.242 e. The third-order valence-electron chi connectivity index (χ3n) is 4.04. The Morgan fingerprint density at radius 3 is 2.48 bits per heavy atom. The molecule has 2 heterocycles. The number of aromatic nitrogens is 3. The molecule has 0 fully saturated rings. The lowest BCUT2D eigenvalue weighted by molar-refractivity contribution is -0.118. The Labute approximate surface area is 167 Å². The summed E-state index contributed by atoms with van der Waals surface area (Å²) in [5.41, 5.74) is 2.79. The molecule has 1 unspecified atom stereocenters. The van der Waals surface area contributed by atoms with Crippen molar-refractivity contribution in [2.24, 2.45) is 0 Å². The average molecular weight is 399 g/mol. The van der Waals surface area contributed by atoms with Crippen LogP contribution in [0.15, 0.2) is 52.9 Å². The van der Waals surface area contributed by atoms with Gasteiger partial charge in [-0.15, -0.1) is 21.5 Å². The van der Waals surface area contributed by atoms with Crippen molar-refractivity contribution in [1.29, 1.82) is 0 Å². The van der Waals surface area contributed by atoms with Crippen molar-refractivity contribution in [1.82, 2.24) is 15.2 Å². The van der Waals surface area contributed by atoms with E-state index < -0.39 is 0 Å². The van der Waals surface area contributed by atoms with Crippen LogP contribution in [0.5, 0.6) is 0 Å². The van der Waals surface area contributed by atoms with Crippen LogP contribution in [-0.2, 0) is 4.79 Å². The van der Waals surface area contributed by atoms with E-state index in [2.05, 4.69) is 15.2 Å². The molecule has 0 saturated heterocycles. The highest BCUT2D eigenvalue weighted by atomic mass is 32.2. The second-order valence-electron chi connectivity index (χ2n) is 5.99. The predicted octanol–water partition coefficient (Wildman–Crippen LogP) is 4.83. The Balaban J connectivity index is 1.73. The van der Waals surface area contributed by atoms with E-state index in [1.807, 2.05) is 68.6 Å². The van der Waals surface area contributed by atoms with Crippen molar-refractivity contribution in [3.63, 3.8) is 0 Å². The topological polar surface area (TPSA) is 59.0 Å². The fraction of sp³-hybridized carbons (Fsp3) is 0.300. The van der Waals surface area contributed by atoms with Crippen LogP contribution in [0.3, 0.4) is 0 Å². The number of carbonyl (C=O) groups excluding carboxylic acids is 1. The number of thioether (sulfide) groups is 1. The number of benzene rings is 1. The van der Waals surface area contributed by atoms with E-state index in [0.717, 1.165) is 27.1 Å². The number of hydrogen-bond acceptors (Lipinski definition) is 6. The lowest BCUT2D eigenvalue weighted by Crippen LogP contribution is -2.37. The fourth-order valence-corrected chi connectivity index (χ4v) is 4.42. The van der Waals surface area contributed by atoms with E-state index in [1.54, 1.807) is 4.90 Å². The predicted molar refractivity (Wildman–Crippen MR) is 112 cm³/mol. The number of thiazole rings is 1. The third kappa shape index (κ3) is 4.73. The monoisotopic (exact) mass is 398 g/mol. The van der Waals surface area contributed by atoms with Gasteiger partial charge in [0.1, 0.15) is 5.03 Å². The van der Waals surface area contributed by atoms with Gasteiger partial charge in [0.25, 0.3) is 0 Å². The van der Waals surface area contributed by atoms with Crippen molar-refractivity contribution >= 4 is 34.1 Å². The minimum Gasteiger partial charge on any atom is -0.287 e. The SMILES string of the molecule is CCC(Sc1ccc(-c2ccccc2)nn1)C(=O)N(CC)c1nc(C)cs1. The molecule has 0 N–H and O–H groups in total. The summed E-state index contributed by atoms with van der Waals surface area (Å²) >= 11 is 2.96. The lowest BCUT2D eigenvalue weighted by atomic mass is 10.1. The van der Waals surface area contributed by atoms with Crippen molar-refractivity contribution in [3.05, 3.63) is 53.5 Å². The number of nitrogens with zero attached hydrogens (tertiary/aromatic N) is 4. The maximum absolute atomic E-state index is 13.0. The Hall–Kier alpha value is -2.25. The summed E-state index contributed by atoms with van der Waals surface area (Å²) in [5.74, 6) is 0.0632. The molecule has 1 amide bonds. The molecule has 3 aromatic rings. The molecular formula is C20H22N4OS2. The summed E-state index contributed by atoms with van der Waals surface area (Å²) in [6.07, 6.45) is 0.715. The third-order valence-corrected chi connectivity index (χ3v) is 6.30. The molecule has 7 heteroatoms. The molecule has 1 atom stereocenters. The van der Waals surface area contributed by atoms with Crippen LogP contribution >= 0.6 is 23.1 Å². The Kier molecular flexibility index (Phi) is 6.58. The zero-order chi connectivity index (χ0) is 19.2. The minimum absolute atomic E-state index is 0.0632. The first-order valence-electron chi connectivity index (χ1n) is 8.91. The van der Waals surface area contributed by atoms with Gasteiger partial charge in [0.15, 0.2) is 5.13 Å². The molecule has 0 aliphatic carbocycles. The summed E-state index contributed by atoms with van der Waals surface area (Å²) in [6, 6.07) is 13.8. The first-order valence-corrected chi connectivity index (χ1v) is 10.7. The van der Waals surface area contributed by atoms with E-state index in [9.17, 15) is 4.79 Å². The van der Waals surface area contributed by atoms with Crippen molar-refractivity contribution < 1.29 is 4.79 Å². The highest BCUT2D eigenvalue weighted by Crippen LogP contribution is 2.29. The summed E-state index contributed by atoms with van der Waals surface area (Å²) in [6.45, 7) is 6.53. The standard InChI is InChI=1S/C20H22N4OS2/c1-4-17(19(25)24(5-2)20-21-14(3)13-26-20)27-18-12-11-16(22-23-18)15-9-7-6-8-10-15/h6-13,17H,4-5H2,1-3H3. The lowest BCUT2D eigenvalue weighted by Gasteiger charge is -2.22. The first kappa shape index (κ1) is 19.5. The largest absolute Gasteiger partial charge is 0.287 e. The van der Waals surface area contributed by atoms with E-state index in [1.165, 1.54) is 23.1 Å². The normalized spacial score (nSPS) is 12.0. The first-order chi connectivity index (χ1) is 13.1. The molecule has 0 spiro atoms. The van der Waals surface area contributed by atoms with Crippen LogP contribution < -0.4 is 4.90 Å². The number of amides is 1. The molecule has 5 nitrogen and oxygen atoms in total. The molecule has 3 rings (SSSR count). The van der Waals surface area contributed by atoms with Gasteiger partial charge in [-0.3, -0.25) is 9.69 Å². The van der Waals surface area contributed by atoms with Gasteiger partial charge in [0, 0.05) is 17.5 Å². The van der Waals surface area contributed by atoms with E-state index >= 15 is 0 Å². The zero-order valence-electron chi connectivity index (χ0n) is 15.6. The molecule has 0 aliphatic heterocycles. The molecule has 0 aliphatic rings. The molecule has 140 valence electrons. The molecule has 0 radical (unpaired) electrons. The van der Waals surface area contributed by atoms with Gasteiger partial charge in [0.2, 0.25) is 5.91 Å². The number of aryl methyl sites for hydroxylation is 1. The number of anilines is 1. The highest BCUT2D eigenvalue weighted by Gasteiger charge is 2.26. The fourth-order valence-electron chi connectivity index (χ4n) is 2.62. The summed E-state index contributed by atoms with van der Waals surface area (Å²) in [4.78, 5) is 19.2. The van der Waals surface area contributed by atoms with Gasteiger partial charge in [-0.25, -0.2) is 4.98 Å². The quantitative estimate of drug-likeness (QED) is 0.533. The molecule has 0 saturated carbocycles. The van der Waals surface area contributed by atoms with Crippen LogP contribution in [0.1, 0.15) is 26.0 Å². The Morgan fingerprint density at radius 1 is 1.15 bits per heavy atom. The van der Waals surface area contributed by atoms with Gasteiger partial charge >= 0.3 is 0 Å². The highest BCUT2D eigenvalue weighted by molar-refractivity contribution is 8.00. The number of hydrogen-bond donors (Lipinski definition) is 0. The molecular weight excluding hydrogens is 376 g/mol. The average Bonchev–Trinajstić information content (AvgIpc) is 3.13. The van der Waals surface area contributed by atoms with Crippen LogP contribution in [0.4, 0.5) is 5.13 Å². The van der Waals surface area contributed by atoms with E-state index in [4.69, 9.17) is 0 Å². The summed E-state index contributed by atoms with van der Waals surface area (Å²) in [7, 11) is 0. The summed E-state index contributed by atoms with van der Waals surface area (Å²) < 4.78 is 0. The van der Waals surface area contributed by atoms with Gasteiger partial charge in [-0.2, -0.15) is 0 Å². The molecule has 1 aromatic carbocycles. The van der Waals surface area contributed by atoms with Gasteiger partial charge in [-0.05, 0) is 32.4 Å². The number of rotatable bonds is 7. The van der Waals surface area contributed by atoms with E-state index in [-0.39, 0.29) is 11.2 Å². The molecule has 2 aromatic heterocycles. The van der Waals surface area contributed by atoms with Crippen molar-refractivity contribution in [2.75, 3.05) is 11.4 Å². The van der Waals surface area contributed by atoms with Crippen LogP contribution in [-0.4, -0.2) is 32.9 Å². The van der Waals surface area contributed by atoms with Crippen LogP contribution in [0.2, 0.25) is 0 Å². The zero-order valence-corrected chi connectivity index (χ0v) is 17.3. The number of carbonyl (C=O) groups is 1. The van der Waals surface area contributed by atoms with Gasteiger partial charge in [-0.1, -0.05) is 49.0 Å². The minimum atomic E-state index is -0.217. The van der Waals surface area contributed by atoms with Crippen molar-refractivity contribution in [2.45, 2.75) is 37.5 Å².